The van der Waals surface area contributed by atoms with E-state index in [2.05, 4.69) is 9.47 Å². The summed E-state index contributed by atoms with van der Waals surface area (Å²) in [5.74, 6) is -1.02. The Labute approximate surface area is 79.0 Å². The lowest BCUT2D eigenvalue weighted by molar-refractivity contribution is -0.151. The van der Waals surface area contributed by atoms with Crippen LogP contribution in [0.15, 0.2) is 0 Å². The summed E-state index contributed by atoms with van der Waals surface area (Å²) in [4.78, 5) is 21.4. The fraction of sp³-hybridized carbons (Fsp3) is 0.714. The zero-order chi connectivity index (χ0) is 10.7. The molecule has 0 aromatic carbocycles. The summed E-state index contributed by atoms with van der Waals surface area (Å²) in [6.45, 7) is 0. The lowest BCUT2D eigenvalue weighted by Crippen LogP contribution is -2.41. The van der Waals surface area contributed by atoms with Crippen molar-refractivity contribution in [3.63, 3.8) is 0 Å². The zero-order valence-electron chi connectivity index (χ0n) is 7.40. The standard InChI is InChI=1S/C7H10FNO5/c1-13-6(11)5(10)9-7(12)14-4-2-3(4)8/h3-5,10H,2H2,1H3,(H,9,12)/t3-,4-,5?/m1/s1. The molecule has 0 spiro atoms. The second-order valence-corrected chi connectivity index (χ2v) is 2.77. The second-order valence-electron chi connectivity index (χ2n) is 2.77. The van der Waals surface area contributed by atoms with Gasteiger partial charge in [0.25, 0.3) is 0 Å². The topological polar surface area (TPSA) is 84.9 Å². The monoisotopic (exact) mass is 207 g/mol. The number of esters is 1. The highest BCUT2D eigenvalue weighted by molar-refractivity contribution is 5.79. The molecule has 3 atom stereocenters. The van der Waals surface area contributed by atoms with Crippen molar-refractivity contribution < 1.29 is 28.6 Å². The molecule has 0 bridgehead atoms. The molecule has 1 saturated carbocycles. The number of halogens is 1. The molecule has 80 valence electrons. The van der Waals surface area contributed by atoms with E-state index in [9.17, 15) is 14.0 Å². The van der Waals surface area contributed by atoms with Crippen molar-refractivity contribution in [2.75, 3.05) is 7.11 Å². The number of carbonyl (C=O) groups is 2. The van der Waals surface area contributed by atoms with Gasteiger partial charge >= 0.3 is 12.1 Å². The molecule has 0 heterocycles. The third kappa shape index (κ3) is 2.84. The largest absolute Gasteiger partial charge is 0.466 e. The Morgan fingerprint density at radius 1 is 1.64 bits per heavy atom. The highest BCUT2D eigenvalue weighted by Gasteiger charge is 2.41. The number of ether oxygens (including phenoxy) is 2. The van der Waals surface area contributed by atoms with E-state index in [1.54, 1.807) is 5.32 Å². The molecule has 2 N–H and O–H groups in total. The number of methoxy groups -OCH3 is 1. The van der Waals surface area contributed by atoms with Crippen LogP contribution in [-0.2, 0) is 14.3 Å². The van der Waals surface area contributed by atoms with Gasteiger partial charge in [0.1, 0.15) is 12.3 Å². The van der Waals surface area contributed by atoms with Gasteiger partial charge in [0, 0.05) is 6.42 Å². The van der Waals surface area contributed by atoms with Gasteiger partial charge in [0.2, 0.25) is 6.23 Å². The van der Waals surface area contributed by atoms with Crippen LogP contribution in [0.1, 0.15) is 6.42 Å². The van der Waals surface area contributed by atoms with Gasteiger partial charge in [-0.15, -0.1) is 0 Å². The van der Waals surface area contributed by atoms with Crippen molar-refractivity contribution in [2.45, 2.75) is 24.9 Å². The molecule has 14 heavy (non-hydrogen) atoms. The van der Waals surface area contributed by atoms with Gasteiger partial charge < -0.3 is 14.6 Å². The van der Waals surface area contributed by atoms with E-state index in [4.69, 9.17) is 5.11 Å². The van der Waals surface area contributed by atoms with Gasteiger partial charge in [-0.3, -0.25) is 5.32 Å². The summed E-state index contributed by atoms with van der Waals surface area (Å²) in [6.07, 6.45) is -4.59. The number of rotatable bonds is 3. The molecule has 1 amide bonds. The summed E-state index contributed by atoms with van der Waals surface area (Å²) in [6, 6.07) is 0. The molecule has 0 aromatic heterocycles. The van der Waals surface area contributed by atoms with Crippen LogP contribution in [0, 0.1) is 0 Å². The minimum Gasteiger partial charge on any atom is -0.466 e. The van der Waals surface area contributed by atoms with Gasteiger partial charge in [-0.25, -0.2) is 14.0 Å². The summed E-state index contributed by atoms with van der Waals surface area (Å²) in [5, 5.41) is 10.7. The first kappa shape index (κ1) is 10.7. The maximum Gasteiger partial charge on any atom is 0.409 e. The summed E-state index contributed by atoms with van der Waals surface area (Å²) >= 11 is 0. The average Bonchev–Trinajstić information content (AvgIpc) is 2.79. The van der Waals surface area contributed by atoms with E-state index < -0.39 is 30.6 Å². The molecule has 1 aliphatic rings. The first-order chi connectivity index (χ1) is 6.54. The predicted octanol–water partition coefficient (Wildman–Crippen LogP) is -0.686. The summed E-state index contributed by atoms with van der Waals surface area (Å²) in [7, 11) is 1.05. The Morgan fingerprint density at radius 3 is 2.64 bits per heavy atom. The third-order valence-electron chi connectivity index (χ3n) is 1.60. The van der Waals surface area contributed by atoms with Crippen molar-refractivity contribution in [3.8, 4) is 0 Å². The van der Waals surface area contributed by atoms with Crippen LogP contribution in [0.3, 0.4) is 0 Å². The SMILES string of the molecule is COC(=O)C(O)NC(=O)O[C@@H]1C[C@H]1F. The van der Waals surface area contributed by atoms with Crippen LogP contribution in [0.25, 0.3) is 0 Å². The van der Waals surface area contributed by atoms with Crippen LogP contribution in [0.2, 0.25) is 0 Å². The van der Waals surface area contributed by atoms with E-state index in [-0.39, 0.29) is 6.42 Å². The first-order valence-corrected chi connectivity index (χ1v) is 3.91. The number of hydrogen-bond donors (Lipinski definition) is 2. The number of aliphatic hydroxyl groups excluding tert-OH is 1. The smallest absolute Gasteiger partial charge is 0.409 e. The zero-order valence-corrected chi connectivity index (χ0v) is 7.40. The molecular formula is C7H10FNO5. The van der Waals surface area contributed by atoms with Crippen LogP contribution in [0.4, 0.5) is 9.18 Å². The van der Waals surface area contributed by atoms with E-state index in [0.717, 1.165) is 7.11 Å². The van der Waals surface area contributed by atoms with Crippen molar-refractivity contribution in [1.82, 2.24) is 5.32 Å². The minimum absolute atomic E-state index is 0.155. The molecule has 0 aromatic rings. The Hall–Kier alpha value is -1.37. The number of hydrogen-bond acceptors (Lipinski definition) is 5. The summed E-state index contributed by atoms with van der Waals surface area (Å²) < 4.78 is 20.8. The van der Waals surface area contributed by atoms with Crippen LogP contribution >= 0.6 is 0 Å². The quantitative estimate of drug-likeness (QED) is 0.473. The molecule has 1 unspecified atom stereocenters. The number of alkyl carbamates (subject to hydrolysis) is 1. The van der Waals surface area contributed by atoms with E-state index >= 15 is 0 Å². The fourth-order valence-electron chi connectivity index (χ4n) is 0.719. The Balaban J connectivity index is 2.22. The molecule has 7 heteroatoms. The molecule has 0 radical (unpaired) electrons. The maximum absolute atomic E-state index is 12.2. The number of aliphatic hydroxyl groups is 1. The molecule has 1 fully saturated rings. The minimum atomic E-state index is -1.79. The molecule has 0 aliphatic heterocycles. The van der Waals surface area contributed by atoms with Gasteiger partial charge in [0.15, 0.2) is 0 Å². The van der Waals surface area contributed by atoms with Gasteiger partial charge in [0.05, 0.1) is 7.11 Å². The maximum atomic E-state index is 12.2. The van der Waals surface area contributed by atoms with E-state index in [1.165, 1.54) is 0 Å². The Kier molecular flexibility index (Phi) is 3.23. The molecule has 1 rings (SSSR count). The molecule has 0 saturated heterocycles. The fourth-order valence-corrected chi connectivity index (χ4v) is 0.719. The molecule has 1 aliphatic carbocycles. The Morgan fingerprint density at radius 2 is 2.21 bits per heavy atom. The van der Waals surface area contributed by atoms with Crippen LogP contribution < -0.4 is 5.32 Å². The van der Waals surface area contributed by atoms with E-state index in [0.29, 0.717) is 0 Å². The van der Waals surface area contributed by atoms with Gasteiger partial charge in [-0.2, -0.15) is 0 Å². The summed E-state index contributed by atoms with van der Waals surface area (Å²) in [5.41, 5.74) is 0. The number of alkyl halides is 1. The van der Waals surface area contributed by atoms with Crippen LogP contribution in [0.5, 0.6) is 0 Å². The normalized spacial score (nSPS) is 26.2. The molecule has 6 nitrogen and oxygen atoms in total. The van der Waals surface area contributed by atoms with Gasteiger partial charge in [-0.1, -0.05) is 0 Å². The second kappa shape index (κ2) is 4.23. The third-order valence-corrected chi connectivity index (χ3v) is 1.60. The highest BCUT2D eigenvalue weighted by Crippen LogP contribution is 2.28. The van der Waals surface area contributed by atoms with Crippen molar-refractivity contribution in [1.29, 1.82) is 0 Å². The first-order valence-electron chi connectivity index (χ1n) is 3.91. The Bertz CT molecular complexity index is 246. The van der Waals surface area contributed by atoms with Crippen molar-refractivity contribution in [3.05, 3.63) is 0 Å². The van der Waals surface area contributed by atoms with Crippen LogP contribution in [-0.4, -0.2) is 42.8 Å². The highest BCUT2D eigenvalue weighted by atomic mass is 19.1. The lowest BCUT2D eigenvalue weighted by Gasteiger charge is -2.10. The lowest BCUT2D eigenvalue weighted by atomic mass is 10.6. The number of nitrogens with one attached hydrogen (secondary N) is 1. The predicted molar refractivity (Wildman–Crippen MR) is 40.9 cm³/mol. The van der Waals surface area contributed by atoms with Crippen molar-refractivity contribution >= 4 is 12.1 Å². The van der Waals surface area contributed by atoms with E-state index in [1.807, 2.05) is 0 Å². The number of amides is 1. The van der Waals surface area contributed by atoms with Gasteiger partial charge in [-0.05, 0) is 0 Å². The van der Waals surface area contributed by atoms with Crippen molar-refractivity contribution in [2.24, 2.45) is 0 Å². The average molecular weight is 207 g/mol. The number of carbonyl (C=O) groups excluding carboxylic acids is 2. The molecular weight excluding hydrogens is 197 g/mol.